The summed E-state index contributed by atoms with van der Waals surface area (Å²) in [4.78, 5) is 0. The number of aliphatic hydroxyl groups is 4. The van der Waals surface area contributed by atoms with Crippen molar-refractivity contribution in [3.05, 3.63) is 0 Å². The van der Waals surface area contributed by atoms with E-state index in [1.807, 2.05) is 0 Å². The van der Waals surface area contributed by atoms with Crippen LogP contribution in [0.25, 0.3) is 0 Å². The predicted molar refractivity (Wildman–Crippen MR) is 106 cm³/mol. The van der Waals surface area contributed by atoms with Crippen molar-refractivity contribution in [3.63, 3.8) is 0 Å². The molecule has 0 spiro atoms. The zero-order valence-electron chi connectivity index (χ0n) is 12.4. The minimum atomic E-state index is -1.49. The van der Waals surface area contributed by atoms with E-state index in [1.165, 1.54) is 0 Å². The standard InChI is InChI=1S/C6H20N2O8P8/c9-3-15-23(17)8(24(18)16-4-10)2-1-7(21(5-11)19-13)22(6-12)20-14/h9-12H,1-6,17-18H2. The van der Waals surface area contributed by atoms with Gasteiger partial charge in [0.2, 0.25) is 16.3 Å². The highest BCUT2D eigenvalue weighted by atomic mass is 32.1. The predicted octanol–water partition coefficient (Wildman–Crippen LogP) is 2.83. The molecule has 0 aliphatic rings. The summed E-state index contributed by atoms with van der Waals surface area (Å²) in [6.45, 7) is -0.443. The minimum Gasteiger partial charge on any atom is -0.390 e. The van der Waals surface area contributed by atoms with Gasteiger partial charge in [-0.2, -0.15) is 0 Å². The van der Waals surface area contributed by atoms with Gasteiger partial charge in [-0.1, -0.05) is 17.9 Å². The van der Waals surface area contributed by atoms with Crippen molar-refractivity contribution in [3.8, 4) is 0 Å². The van der Waals surface area contributed by atoms with Crippen molar-refractivity contribution < 1.29 is 38.6 Å². The maximum atomic E-state index is 11.3. The van der Waals surface area contributed by atoms with E-state index in [2.05, 4.69) is 17.9 Å². The Labute approximate surface area is 152 Å². The first-order valence-corrected chi connectivity index (χ1v) is 17.7. The van der Waals surface area contributed by atoms with Crippen LogP contribution in [0.2, 0.25) is 0 Å². The Hall–Kier alpha value is 2.46. The minimum absolute atomic E-state index is 0.243. The summed E-state index contributed by atoms with van der Waals surface area (Å²) >= 11 is 0. The van der Waals surface area contributed by atoms with Gasteiger partial charge in [-0.25, -0.2) is 8.88 Å². The lowest BCUT2D eigenvalue weighted by molar-refractivity contribution is 0.102. The fourth-order valence-electron chi connectivity index (χ4n) is 1.35. The molecule has 24 heavy (non-hydrogen) atoms. The van der Waals surface area contributed by atoms with Crippen LogP contribution in [-0.2, 0) is 18.2 Å². The number of hydrogen-bond donors (Lipinski definition) is 4. The fraction of sp³-hybridized carbons (Fsp3) is 1.00. The van der Waals surface area contributed by atoms with Crippen molar-refractivity contribution in [2.24, 2.45) is 0 Å². The van der Waals surface area contributed by atoms with Gasteiger partial charge in [0, 0.05) is 13.1 Å². The molecule has 0 saturated heterocycles. The summed E-state index contributed by atoms with van der Waals surface area (Å²) in [6.07, 6.45) is -0.722. The van der Waals surface area contributed by atoms with Crippen LogP contribution >= 0.6 is 65.7 Å². The van der Waals surface area contributed by atoms with Crippen molar-refractivity contribution >= 4 is 65.7 Å². The van der Waals surface area contributed by atoms with Crippen LogP contribution in [0.3, 0.4) is 0 Å². The SMILES string of the molecule is O=PP(CO)N(CCN(P(P)OCO)P(P)OCO)P(CO)P=O. The van der Waals surface area contributed by atoms with Crippen LogP contribution in [0.4, 0.5) is 0 Å². The molecule has 6 unspecified atom stereocenters. The summed E-state index contributed by atoms with van der Waals surface area (Å²) in [7, 11) is -1.31. The van der Waals surface area contributed by atoms with E-state index in [1.54, 1.807) is 8.88 Å². The fourth-order valence-corrected chi connectivity index (χ4v) is 14.2. The molecule has 6 atom stereocenters. The van der Waals surface area contributed by atoms with Crippen LogP contribution in [-0.4, -0.2) is 68.7 Å². The summed E-state index contributed by atoms with van der Waals surface area (Å²) < 4.78 is 36.1. The van der Waals surface area contributed by atoms with Gasteiger partial charge in [0.15, 0.2) is 0 Å². The molecule has 0 aromatic heterocycles. The number of rotatable bonds is 15. The first kappa shape index (κ1) is 26.5. The third-order valence-electron chi connectivity index (χ3n) is 2.31. The van der Waals surface area contributed by atoms with Gasteiger partial charge in [-0.3, -0.25) is 9.13 Å². The Morgan fingerprint density at radius 3 is 1.46 bits per heavy atom. The molecule has 0 aliphatic heterocycles. The Kier molecular flexibility index (Phi) is 18.1. The molecule has 10 nitrogen and oxygen atoms in total. The van der Waals surface area contributed by atoms with Gasteiger partial charge in [-0.05, 0) is 0 Å². The van der Waals surface area contributed by atoms with Gasteiger partial charge in [0.25, 0.3) is 0 Å². The molecule has 0 fully saturated rings. The first-order chi connectivity index (χ1) is 11.5. The van der Waals surface area contributed by atoms with E-state index in [-0.39, 0.29) is 35.5 Å². The monoisotopic (exact) mass is 496 g/mol. The molecule has 0 radical (unpaired) electrons. The van der Waals surface area contributed by atoms with E-state index < -0.39 is 45.1 Å². The van der Waals surface area contributed by atoms with Crippen molar-refractivity contribution in [2.45, 2.75) is 0 Å². The van der Waals surface area contributed by atoms with E-state index in [4.69, 9.17) is 19.3 Å². The van der Waals surface area contributed by atoms with Gasteiger partial charge < -0.3 is 29.5 Å². The Balaban J connectivity index is 5.12. The largest absolute Gasteiger partial charge is 0.390 e. The Morgan fingerprint density at radius 1 is 0.792 bits per heavy atom. The zero-order valence-corrected chi connectivity index (χ0v) is 20.1. The van der Waals surface area contributed by atoms with E-state index in [0.717, 1.165) is 0 Å². The lowest BCUT2D eigenvalue weighted by Crippen LogP contribution is -2.24. The normalized spacial score (nSPS) is 17.5. The molecule has 0 amide bonds. The quantitative estimate of drug-likeness (QED) is 0.198. The molecule has 0 rings (SSSR count). The average molecular weight is 496 g/mol. The third kappa shape index (κ3) is 9.59. The Bertz CT molecular complexity index is 333. The number of aliphatic hydroxyl groups excluding tert-OH is 4. The average Bonchev–Trinajstić information content (AvgIpc) is 2.57. The van der Waals surface area contributed by atoms with Crippen molar-refractivity contribution in [1.82, 2.24) is 8.88 Å². The van der Waals surface area contributed by atoms with Crippen LogP contribution < -0.4 is 0 Å². The molecule has 0 aliphatic carbocycles. The second-order valence-corrected chi connectivity index (χ2v) is 16.6. The first-order valence-electron chi connectivity index (χ1n) is 6.05. The highest BCUT2D eigenvalue weighted by Gasteiger charge is 2.30. The number of hydrogen-bond acceptors (Lipinski definition) is 10. The smallest absolute Gasteiger partial charge is 0.200 e. The maximum Gasteiger partial charge on any atom is 0.200 e. The van der Waals surface area contributed by atoms with E-state index >= 15 is 0 Å². The van der Waals surface area contributed by atoms with Gasteiger partial charge in [0.1, 0.15) is 29.6 Å². The molecule has 0 bridgehead atoms. The summed E-state index contributed by atoms with van der Waals surface area (Å²) in [5.41, 5.74) is 0. The number of nitrogens with zero attached hydrogens (tertiary/aromatic N) is 2. The molecule has 0 aromatic rings. The van der Waals surface area contributed by atoms with E-state index in [9.17, 15) is 19.3 Å². The highest BCUT2D eigenvalue weighted by molar-refractivity contribution is 8.24. The summed E-state index contributed by atoms with van der Waals surface area (Å²) in [6, 6.07) is 0. The zero-order chi connectivity index (χ0) is 18.5. The van der Waals surface area contributed by atoms with Crippen molar-refractivity contribution in [1.29, 1.82) is 0 Å². The van der Waals surface area contributed by atoms with Gasteiger partial charge in [0.05, 0.1) is 28.2 Å². The van der Waals surface area contributed by atoms with Gasteiger partial charge in [-0.15, -0.1) is 0 Å². The molecule has 0 heterocycles. The molecule has 142 valence electrons. The third-order valence-corrected chi connectivity index (χ3v) is 16.8. The van der Waals surface area contributed by atoms with Crippen LogP contribution in [0, 0.1) is 0 Å². The Morgan fingerprint density at radius 2 is 1.17 bits per heavy atom. The lowest BCUT2D eigenvalue weighted by Gasteiger charge is -2.35. The topological polar surface area (TPSA) is 140 Å². The summed E-state index contributed by atoms with van der Waals surface area (Å²) in [5, 5.41) is 36.6. The molecule has 4 N–H and O–H groups in total. The summed E-state index contributed by atoms with van der Waals surface area (Å²) in [5.74, 6) is 0. The van der Waals surface area contributed by atoms with Crippen LogP contribution in [0.15, 0.2) is 0 Å². The molecular weight excluding hydrogens is 476 g/mol. The maximum absolute atomic E-state index is 11.3. The molecule has 0 aromatic carbocycles. The van der Waals surface area contributed by atoms with Crippen molar-refractivity contribution in [2.75, 3.05) is 39.4 Å². The van der Waals surface area contributed by atoms with E-state index in [0.29, 0.717) is 6.54 Å². The molecule has 0 saturated carbocycles. The lowest BCUT2D eigenvalue weighted by atomic mass is 10.7. The van der Waals surface area contributed by atoms with Crippen LogP contribution in [0.5, 0.6) is 0 Å². The molecule has 18 heteroatoms. The van der Waals surface area contributed by atoms with Gasteiger partial charge >= 0.3 is 0 Å². The molecular formula is C6H20N2O8P8. The van der Waals surface area contributed by atoms with Crippen LogP contribution in [0.1, 0.15) is 0 Å². The second-order valence-electron chi connectivity index (χ2n) is 3.50. The highest BCUT2D eigenvalue weighted by Crippen LogP contribution is 2.68. The second kappa shape index (κ2) is 16.4.